The van der Waals surface area contributed by atoms with Crippen LogP contribution in [-0.4, -0.2) is 16.8 Å². The van der Waals surface area contributed by atoms with Crippen LogP contribution in [0.5, 0.6) is 5.75 Å². The van der Waals surface area contributed by atoms with Crippen LogP contribution in [0.1, 0.15) is 6.92 Å². The van der Waals surface area contributed by atoms with E-state index in [0.717, 1.165) is 0 Å². The Labute approximate surface area is 66.9 Å². The van der Waals surface area contributed by atoms with E-state index in [4.69, 9.17) is 10.2 Å². The van der Waals surface area contributed by atoms with Gasteiger partial charge in [0.25, 0.3) is 0 Å². The highest BCUT2D eigenvalue weighted by molar-refractivity contribution is 5.18. The maximum absolute atomic E-state index is 8.63. The number of para-hydroxylation sites is 1. The number of phenols is 1. The first kappa shape index (κ1) is 12.6. The van der Waals surface area contributed by atoms with Crippen molar-refractivity contribution in [3.8, 4) is 5.75 Å². The van der Waals surface area contributed by atoms with E-state index in [2.05, 4.69) is 0 Å². The second-order valence-corrected chi connectivity index (χ2v) is 1.65. The second-order valence-electron chi connectivity index (χ2n) is 1.65. The average Bonchev–Trinajstić information content (AvgIpc) is 1.91. The van der Waals surface area contributed by atoms with Gasteiger partial charge in [0.15, 0.2) is 0 Å². The first-order chi connectivity index (χ1) is 4.81. The van der Waals surface area contributed by atoms with Crippen molar-refractivity contribution in [2.45, 2.75) is 6.92 Å². The summed E-state index contributed by atoms with van der Waals surface area (Å²) in [6, 6.07) is 8.71. The van der Waals surface area contributed by atoms with E-state index in [1.54, 1.807) is 31.2 Å². The van der Waals surface area contributed by atoms with Gasteiger partial charge < -0.3 is 16.4 Å². The highest BCUT2D eigenvalue weighted by atomic mass is 16.3. The van der Waals surface area contributed by atoms with Crippen LogP contribution in [0.3, 0.4) is 0 Å². The van der Waals surface area contributed by atoms with Crippen LogP contribution in [0.4, 0.5) is 0 Å². The zero-order chi connectivity index (χ0) is 7.82. The lowest BCUT2D eigenvalue weighted by atomic mass is 10.3. The number of phenolic OH excluding ortho intramolecular Hbond substituents is 1. The molecule has 0 atom stereocenters. The summed E-state index contributed by atoms with van der Waals surface area (Å²) in [6.07, 6.45) is 0. The van der Waals surface area contributed by atoms with Crippen LogP contribution >= 0.6 is 0 Å². The maximum Gasteiger partial charge on any atom is 0.115 e. The Balaban J connectivity index is 0. The van der Waals surface area contributed by atoms with Gasteiger partial charge in [0.2, 0.25) is 0 Å². The van der Waals surface area contributed by atoms with Crippen molar-refractivity contribution >= 4 is 0 Å². The van der Waals surface area contributed by atoms with E-state index in [1.807, 2.05) is 6.07 Å². The van der Waals surface area contributed by atoms with E-state index in [9.17, 15) is 0 Å². The van der Waals surface area contributed by atoms with Crippen molar-refractivity contribution < 1.29 is 10.2 Å². The highest BCUT2D eigenvalue weighted by Crippen LogP contribution is 2.02. The quantitative estimate of drug-likeness (QED) is 0.534. The van der Waals surface area contributed by atoms with Gasteiger partial charge in [0.1, 0.15) is 5.75 Å². The van der Waals surface area contributed by atoms with Crippen molar-refractivity contribution in [2.75, 3.05) is 6.61 Å². The van der Waals surface area contributed by atoms with Crippen molar-refractivity contribution in [2.24, 2.45) is 0 Å². The largest absolute Gasteiger partial charge is 0.508 e. The lowest BCUT2D eigenvalue weighted by Crippen LogP contribution is -1.57. The Kier molecular flexibility index (Phi) is 10.2. The van der Waals surface area contributed by atoms with Crippen molar-refractivity contribution in [3.63, 3.8) is 0 Å². The molecular formula is C8H15NO2. The third kappa shape index (κ3) is 8.94. The van der Waals surface area contributed by atoms with Gasteiger partial charge in [-0.15, -0.1) is 0 Å². The van der Waals surface area contributed by atoms with Crippen LogP contribution in [0.2, 0.25) is 0 Å². The summed E-state index contributed by atoms with van der Waals surface area (Å²) in [7, 11) is 0. The molecule has 5 N–H and O–H groups in total. The summed E-state index contributed by atoms with van der Waals surface area (Å²) in [4.78, 5) is 0. The van der Waals surface area contributed by atoms with Crippen molar-refractivity contribution in [1.82, 2.24) is 6.15 Å². The summed E-state index contributed by atoms with van der Waals surface area (Å²) in [6.45, 7) is 1.93. The number of aromatic hydroxyl groups is 1. The Hall–Kier alpha value is -1.06. The Bertz CT molecular complexity index is 153. The van der Waals surface area contributed by atoms with Gasteiger partial charge >= 0.3 is 0 Å². The minimum absolute atomic E-state index is 0. The molecule has 0 aliphatic heterocycles. The number of hydrogen-bond donors (Lipinski definition) is 3. The van der Waals surface area contributed by atoms with Crippen LogP contribution in [0, 0.1) is 0 Å². The summed E-state index contributed by atoms with van der Waals surface area (Å²) < 4.78 is 0. The number of hydrogen-bond acceptors (Lipinski definition) is 3. The Morgan fingerprint density at radius 2 is 1.55 bits per heavy atom. The molecular weight excluding hydrogens is 142 g/mol. The molecule has 0 aliphatic carbocycles. The lowest BCUT2D eigenvalue weighted by molar-refractivity contribution is 0.318. The van der Waals surface area contributed by atoms with Gasteiger partial charge in [-0.2, -0.15) is 0 Å². The molecule has 1 aromatic carbocycles. The summed E-state index contributed by atoms with van der Waals surface area (Å²) in [5.41, 5.74) is 0. The summed E-state index contributed by atoms with van der Waals surface area (Å²) in [5.74, 6) is 0.322. The molecule has 0 saturated heterocycles. The fourth-order valence-corrected chi connectivity index (χ4v) is 0.428. The van der Waals surface area contributed by atoms with Crippen molar-refractivity contribution in [1.29, 1.82) is 0 Å². The zero-order valence-corrected chi connectivity index (χ0v) is 6.70. The van der Waals surface area contributed by atoms with Crippen LogP contribution in [-0.2, 0) is 0 Å². The summed E-state index contributed by atoms with van der Waals surface area (Å²) in [5, 5.41) is 16.2. The SMILES string of the molecule is CCO.N.Oc1ccccc1. The van der Waals surface area contributed by atoms with Crippen molar-refractivity contribution in [3.05, 3.63) is 30.3 Å². The first-order valence-electron chi connectivity index (χ1n) is 3.16. The molecule has 0 amide bonds. The number of aliphatic hydroxyl groups is 1. The van der Waals surface area contributed by atoms with Gasteiger partial charge in [-0.1, -0.05) is 18.2 Å². The predicted molar refractivity (Wildman–Crippen MR) is 45.9 cm³/mol. The topological polar surface area (TPSA) is 75.5 Å². The van der Waals surface area contributed by atoms with Gasteiger partial charge in [0, 0.05) is 6.61 Å². The minimum Gasteiger partial charge on any atom is -0.508 e. The molecule has 11 heavy (non-hydrogen) atoms. The number of rotatable bonds is 0. The number of aliphatic hydroxyl groups excluding tert-OH is 1. The molecule has 0 spiro atoms. The predicted octanol–water partition coefficient (Wildman–Crippen LogP) is 1.55. The third-order valence-corrected chi connectivity index (χ3v) is 0.756. The van der Waals surface area contributed by atoms with Crippen LogP contribution in [0.25, 0.3) is 0 Å². The van der Waals surface area contributed by atoms with E-state index in [-0.39, 0.29) is 12.8 Å². The minimum atomic E-state index is 0. The van der Waals surface area contributed by atoms with E-state index in [1.165, 1.54) is 0 Å². The van der Waals surface area contributed by atoms with E-state index < -0.39 is 0 Å². The maximum atomic E-state index is 8.63. The standard InChI is InChI=1S/C6H6O.C2H6O.H3N/c7-6-4-2-1-3-5-6;1-2-3;/h1-5,7H;3H,2H2,1H3;1H3. The molecule has 0 unspecified atom stereocenters. The number of benzene rings is 1. The van der Waals surface area contributed by atoms with Crippen LogP contribution in [0.15, 0.2) is 30.3 Å². The Morgan fingerprint density at radius 1 is 1.18 bits per heavy atom. The van der Waals surface area contributed by atoms with Gasteiger partial charge in [-0.3, -0.25) is 0 Å². The lowest BCUT2D eigenvalue weighted by Gasteiger charge is -1.82. The molecule has 0 bridgehead atoms. The molecule has 0 radical (unpaired) electrons. The summed E-state index contributed by atoms with van der Waals surface area (Å²) >= 11 is 0. The molecule has 3 nitrogen and oxygen atoms in total. The molecule has 1 aromatic rings. The molecule has 3 heteroatoms. The monoisotopic (exact) mass is 157 g/mol. The van der Waals surface area contributed by atoms with Crippen LogP contribution < -0.4 is 6.15 Å². The zero-order valence-electron chi connectivity index (χ0n) is 6.70. The molecule has 0 aliphatic rings. The molecule has 0 saturated carbocycles. The Morgan fingerprint density at radius 3 is 1.73 bits per heavy atom. The molecule has 0 heterocycles. The fraction of sp³-hybridized carbons (Fsp3) is 0.250. The average molecular weight is 157 g/mol. The van der Waals surface area contributed by atoms with Gasteiger partial charge in [-0.05, 0) is 19.1 Å². The normalized spacial score (nSPS) is 7.09. The third-order valence-electron chi connectivity index (χ3n) is 0.756. The van der Waals surface area contributed by atoms with E-state index >= 15 is 0 Å². The van der Waals surface area contributed by atoms with E-state index in [0.29, 0.717) is 5.75 Å². The molecule has 64 valence electrons. The second kappa shape index (κ2) is 8.94. The molecule has 0 fully saturated rings. The smallest absolute Gasteiger partial charge is 0.115 e. The van der Waals surface area contributed by atoms with Gasteiger partial charge in [-0.25, -0.2) is 0 Å². The first-order valence-corrected chi connectivity index (χ1v) is 3.16. The molecule has 1 rings (SSSR count). The highest BCUT2D eigenvalue weighted by Gasteiger charge is 1.74. The fourth-order valence-electron chi connectivity index (χ4n) is 0.428. The van der Waals surface area contributed by atoms with Gasteiger partial charge in [0.05, 0.1) is 0 Å². The molecule has 0 aromatic heterocycles.